The van der Waals surface area contributed by atoms with Crippen LogP contribution in [0.1, 0.15) is 16.1 Å². The molecule has 1 heterocycles. The average Bonchev–Trinajstić information content (AvgIpc) is 3.00. The van der Waals surface area contributed by atoms with Crippen molar-refractivity contribution in [1.82, 2.24) is 5.32 Å². The van der Waals surface area contributed by atoms with Crippen LogP contribution >= 0.6 is 0 Å². The molecule has 1 amide bonds. The summed E-state index contributed by atoms with van der Waals surface area (Å²) in [6.45, 7) is 0.569. The maximum atomic E-state index is 12.1. The van der Waals surface area contributed by atoms with Crippen LogP contribution in [0.4, 0.5) is 0 Å². The second-order valence-corrected chi connectivity index (χ2v) is 4.65. The maximum Gasteiger partial charge on any atom is 0.251 e. The van der Waals surface area contributed by atoms with Crippen molar-refractivity contribution in [1.29, 1.82) is 0 Å². The lowest BCUT2D eigenvalue weighted by molar-refractivity contribution is 0.0954. The fourth-order valence-electron chi connectivity index (χ4n) is 2.19. The lowest BCUT2D eigenvalue weighted by atomic mass is 10.1. The monoisotopic (exact) mass is 265 g/mol. The van der Waals surface area contributed by atoms with Gasteiger partial charge in [-0.3, -0.25) is 4.79 Å². The average molecular weight is 265 g/mol. The van der Waals surface area contributed by atoms with Crippen LogP contribution in [-0.2, 0) is 6.42 Å². The quantitative estimate of drug-likeness (QED) is 0.785. The van der Waals surface area contributed by atoms with Crippen LogP contribution in [0, 0.1) is 0 Å². The van der Waals surface area contributed by atoms with Gasteiger partial charge < -0.3 is 9.73 Å². The Morgan fingerprint density at radius 3 is 2.65 bits per heavy atom. The minimum Gasteiger partial charge on any atom is -0.469 e. The van der Waals surface area contributed by atoms with Crippen molar-refractivity contribution in [3.05, 3.63) is 72.2 Å². The molecular formula is C17H15NO2. The zero-order chi connectivity index (χ0) is 13.8. The molecule has 0 aliphatic rings. The largest absolute Gasteiger partial charge is 0.469 e. The van der Waals surface area contributed by atoms with Crippen LogP contribution in [0.5, 0.6) is 0 Å². The third-order valence-corrected chi connectivity index (χ3v) is 3.25. The normalized spacial score (nSPS) is 10.6. The number of hydrogen-bond donors (Lipinski definition) is 1. The number of hydrogen-bond acceptors (Lipinski definition) is 2. The minimum absolute atomic E-state index is 0.0534. The first kappa shape index (κ1) is 12.5. The van der Waals surface area contributed by atoms with E-state index in [0.717, 1.165) is 16.5 Å². The Hall–Kier alpha value is -2.55. The first-order valence-electron chi connectivity index (χ1n) is 6.62. The number of furan rings is 1. The predicted molar refractivity (Wildman–Crippen MR) is 78.7 cm³/mol. The summed E-state index contributed by atoms with van der Waals surface area (Å²) in [5, 5.41) is 5.12. The van der Waals surface area contributed by atoms with Gasteiger partial charge in [0, 0.05) is 18.5 Å². The molecule has 3 nitrogen and oxygen atoms in total. The Morgan fingerprint density at radius 1 is 1.00 bits per heavy atom. The van der Waals surface area contributed by atoms with Crippen LogP contribution in [0.15, 0.2) is 65.3 Å². The number of carbonyl (C=O) groups excluding carboxylic acids is 1. The summed E-state index contributed by atoms with van der Waals surface area (Å²) in [4.78, 5) is 12.1. The van der Waals surface area contributed by atoms with Gasteiger partial charge in [-0.05, 0) is 35.0 Å². The molecule has 0 radical (unpaired) electrons. The van der Waals surface area contributed by atoms with Crippen molar-refractivity contribution in [3.8, 4) is 0 Å². The van der Waals surface area contributed by atoms with Gasteiger partial charge in [-0.2, -0.15) is 0 Å². The molecule has 100 valence electrons. The molecule has 0 aliphatic heterocycles. The Morgan fingerprint density at radius 2 is 1.85 bits per heavy atom. The molecule has 0 bridgehead atoms. The molecular weight excluding hydrogens is 250 g/mol. The fraction of sp³-hybridized carbons (Fsp3) is 0.118. The van der Waals surface area contributed by atoms with E-state index in [-0.39, 0.29) is 5.91 Å². The molecule has 1 aromatic heterocycles. The highest BCUT2D eigenvalue weighted by molar-refractivity contribution is 5.98. The number of rotatable bonds is 4. The molecule has 2 aromatic carbocycles. The van der Waals surface area contributed by atoms with E-state index >= 15 is 0 Å². The molecule has 1 N–H and O–H groups in total. The van der Waals surface area contributed by atoms with E-state index in [9.17, 15) is 4.79 Å². The van der Waals surface area contributed by atoms with Crippen molar-refractivity contribution < 1.29 is 9.21 Å². The fourth-order valence-corrected chi connectivity index (χ4v) is 2.19. The molecule has 0 atom stereocenters. The molecule has 3 heteroatoms. The second kappa shape index (κ2) is 5.61. The Labute approximate surface area is 117 Å². The molecule has 0 fully saturated rings. The van der Waals surface area contributed by atoms with Gasteiger partial charge in [-0.1, -0.05) is 30.3 Å². The molecule has 20 heavy (non-hydrogen) atoms. The smallest absolute Gasteiger partial charge is 0.251 e. The third-order valence-electron chi connectivity index (χ3n) is 3.25. The van der Waals surface area contributed by atoms with Gasteiger partial charge in [0.2, 0.25) is 0 Å². The zero-order valence-electron chi connectivity index (χ0n) is 11.0. The van der Waals surface area contributed by atoms with Crippen LogP contribution < -0.4 is 5.32 Å². The van der Waals surface area contributed by atoms with Crippen LogP contribution in [0.25, 0.3) is 10.8 Å². The summed E-state index contributed by atoms with van der Waals surface area (Å²) in [6, 6.07) is 17.5. The number of fused-ring (bicyclic) bond motifs is 1. The lowest BCUT2D eigenvalue weighted by Gasteiger charge is -2.05. The van der Waals surface area contributed by atoms with Crippen molar-refractivity contribution in [2.75, 3.05) is 6.54 Å². The van der Waals surface area contributed by atoms with E-state index in [0.29, 0.717) is 18.5 Å². The standard InChI is InChI=1S/C17H15NO2/c19-17(18-10-9-16-6-3-11-20-16)15-8-7-13-4-1-2-5-14(13)12-15/h1-8,11-12H,9-10H2,(H,18,19). The van der Waals surface area contributed by atoms with Crippen molar-refractivity contribution in [2.45, 2.75) is 6.42 Å². The Kier molecular flexibility index (Phi) is 3.50. The van der Waals surface area contributed by atoms with Crippen molar-refractivity contribution >= 4 is 16.7 Å². The Balaban J connectivity index is 1.66. The van der Waals surface area contributed by atoms with Gasteiger partial charge in [0.1, 0.15) is 5.76 Å². The molecule has 3 aromatic rings. The number of nitrogens with one attached hydrogen (secondary N) is 1. The first-order valence-corrected chi connectivity index (χ1v) is 6.62. The lowest BCUT2D eigenvalue weighted by Crippen LogP contribution is -2.25. The summed E-state index contributed by atoms with van der Waals surface area (Å²) in [6.07, 6.45) is 2.34. The van der Waals surface area contributed by atoms with Crippen LogP contribution in [0.3, 0.4) is 0 Å². The van der Waals surface area contributed by atoms with E-state index in [2.05, 4.69) is 5.32 Å². The van der Waals surface area contributed by atoms with E-state index < -0.39 is 0 Å². The number of benzene rings is 2. The highest BCUT2D eigenvalue weighted by Gasteiger charge is 2.06. The summed E-state index contributed by atoms with van der Waals surface area (Å²) in [5.41, 5.74) is 0.683. The van der Waals surface area contributed by atoms with E-state index in [4.69, 9.17) is 4.42 Å². The van der Waals surface area contributed by atoms with E-state index in [1.807, 2.05) is 54.6 Å². The highest BCUT2D eigenvalue weighted by Crippen LogP contribution is 2.15. The summed E-state index contributed by atoms with van der Waals surface area (Å²) < 4.78 is 5.23. The van der Waals surface area contributed by atoms with Crippen molar-refractivity contribution in [3.63, 3.8) is 0 Å². The first-order chi connectivity index (χ1) is 9.83. The molecule has 0 saturated carbocycles. The van der Waals surface area contributed by atoms with Gasteiger partial charge in [0.15, 0.2) is 0 Å². The number of amides is 1. The van der Waals surface area contributed by atoms with Gasteiger partial charge >= 0.3 is 0 Å². The summed E-state index contributed by atoms with van der Waals surface area (Å²) in [5.74, 6) is 0.825. The number of carbonyl (C=O) groups is 1. The topological polar surface area (TPSA) is 42.2 Å². The van der Waals surface area contributed by atoms with Gasteiger partial charge in [-0.15, -0.1) is 0 Å². The molecule has 3 rings (SSSR count). The van der Waals surface area contributed by atoms with E-state index in [1.165, 1.54) is 0 Å². The van der Waals surface area contributed by atoms with Gasteiger partial charge in [0.05, 0.1) is 6.26 Å². The van der Waals surface area contributed by atoms with Gasteiger partial charge in [-0.25, -0.2) is 0 Å². The molecule has 0 spiro atoms. The molecule has 0 aliphatic carbocycles. The van der Waals surface area contributed by atoms with Crippen molar-refractivity contribution in [2.24, 2.45) is 0 Å². The highest BCUT2D eigenvalue weighted by atomic mass is 16.3. The SMILES string of the molecule is O=C(NCCc1ccco1)c1ccc2ccccc2c1. The van der Waals surface area contributed by atoms with Crippen LogP contribution in [0.2, 0.25) is 0 Å². The summed E-state index contributed by atoms with van der Waals surface area (Å²) in [7, 11) is 0. The van der Waals surface area contributed by atoms with Crippen LogP contribution in [-0.4, -0.2) is 12.5 Å². The minimum atomic E-state index is -0.0534. The Bertz CT molecular complexity index is 717. The predicted octanol–water partition coefficient (Wildman–Crippen LogP) is 3.41. The van der Waals surface area contributed by atoms with E-state index in [1.54, 1.807) is 6.26 Å². The summed E-state index contributed by atoms with van der Waals surface area (Å²) >= 11 is 0. The van der Waals surface area contributed by atoms with Gasteiger partial charge in [0.25, 0.3) is 5.91 Å². The molecule has 0 unspecified atom stereocenters. The zero-order valence-corrected chi connectivity index (χ0v) is 11.0. The maximum absolute atomic E-state index is 12.1. The second-order valence-electron chi connectivity index (χ2n) is 4.65. The molecule has 0 saturated heterocycles. The third kappa shape index (κ3) is 2.72.